The van der Waals surface area contributed by atoms with Gasteiger partial charge in [-0.05, 0) is 25.8 Å². The van der Waals surface area contributed by atoms with E-state index in [0.29, 0.717) is 18.4 Å². The van der Waals surface area contributed by atoms with Crippen LogP contribution in [0.15, 0.2) is 18.5 Å². The van der Waals surface area contributed by atoms with Gasteiger partial charge in [0.05, 0.1) is 5.69 Å². The first-order chi connectivity index (χ1) is 8.28. The van der Waals surface area contributed by atoms with Crippen LogP contribution in [0.3, 0.4) is 0 Å². The van der Waals surface area contributed by atoms with Gasteiger partial charge in [0, 0.05) is 36.1 Å². The molecule has 2 aromatic rings. The molecule has 0 spiro atoms. The van der Waals surface area contributed by atoms with Gasteiger partial charge in [-0.1, -0.05) is 0 Å². The van der Waals surface area contributed by atoms with Crippen molar-refractivity contribution in [3.8, 4) is 5.95 Å². The fourth-order valence-electron chi connectivity index (χ4n) is 1.84. The zero-order valence-electron chi connectivity index (χ0n) is 9.80. The SMILES string of the molecule is Cc1nc(-n2ccc(C3CC3)n2)ncc1CN. The fraction of sp³-hybridized carbons (Fsp3) is 0.417. The Balaban J connectivity index is 1.93. The quantitative estimate of drug-likeness (QED) is 0.861. The maximum absolute atomic E-state index is 5.59. The summed E-state index contributed by atoms with van der Waals surface area (Å²) in [6.07, 6.45) is 6.20. The lowest BCUT2D eigenvalue weighted by molar-refractivity contribution is 0.770. The second-order valence-electron chi connectivity index (χ2n) is 4.44. The number of aryl methyl sites for hydroxylation is 1. The van der Waals surface area contributed by atoms with Crippen LogP contribution in [0.4, 0.5) is 0 Å². The van der Waals surface area contributed by atoms with Crippen molar-refractivity contribution in [3.05, 3.63) is 35.4 Å². The van der Waals surface area contributed by atoms with E-state index < -0.39 is 0 Å². The molecule has 2 aromatic heterocycles. The van der Waals surface area contributed by atoms with Gasteiger partial charge in [0.1, 0.15) is 0 Å². The Bertz CT molecular complexity index is 542. The highest BCUT2D eigenvalue weighted by Gasteiger charge is 2.26. The molecular weight excluding hydrogens is 214 g/mol. The third-order valence-electron chi connectivity index (χ3n) is 3.10. The molecule has 2 heterocycles. The van der Waals surface area contributed by atoms with E-state index in [2.05, 4.69) is 15.1 Å². The Labute approximate surface area is 99.7 Å². The smallest absolute Gasteiger partial charge is 0.250 e. The summed E-state index contributed by atoms with van der Waals surface area (Å²) in [4.78, 5) is 8.70. The fourth-order valence-corrected chi connectivity index (χ4v) is 1.84. The molecule has 0 radical (unpaired) electrons. The topological polar surface area (TPSA) is 69.6 Å². The first-order valence-electron chi connectivity index (χ1n) is 5.86. The van der Waals surface area contributed by atoms with Crippen molar-refractivity contribution in [1.29, 1.82) is 0 Å². The maximum atomic E-state index is 5.59. The minimum atomic E-state index is 0.471. The summed E-state index contributed by atoms with van der Waals surface area (Å²) in [6, 6.07) is 2.05. The van der Waals surface area contributed by atoms with Crippen molar-refractivity contribution in [2.45, 2.75) is 32.2 Å². The monoisotopic (exact) mass is 229 g/mol. The highest BCUT2D eigenvalue weighted by atomic mass is 15.3. The Morgan fingerprint density at radius 1 is 1.47 bits per heavy atom. The van der Waals surface area contributed by atoms with Gasteiger partial charge in [-0.3, -0.25) is 0 Å². The lowest BCUT2D eigenvalue weighted by atomic mass is 10.2. The summed E-state index contributed by atoms with van der Waals surface area (Å²) in [6.45, 7) is 2.41. The van der Waals surface area contributed by atoms with Crippen LogP contribution in [0.25, 0.3) is 5.95 Å². The molecule has 1 fully saturated rings. The number of rotatable bonds is 3. The molecule has 0 amide bonds. The van der Waals surface area contributed by atoms with Crippen molar-refractivity contribution in [3.63, 3.8) is 0 Å². The highest BCUT2D eigenvalue weighted by Crippen LogP contribution is 2.38. The predicted octanol–water partition coefficient (Wildman–Crippen LogP) is 1.31. The first-order valence-corrected chi connectivity index (χ1v) is 5.86. The number of aromatic nitrogens is 4. The third kappa shape index (κ3) is 1.93. The minimum absolute atomic E-state index is 0.471. The van der Waals surface area contributed by atoms with Crippen LogP contribution in [0.5, 0.6) is 0 Å². The lowest BCUT2D eigenvalue weighted by Gasteiger charge is -2.04. The van der Waals surface area contributed by atoms with Crippen molar-refractivity contribution in [2.75, 3.05) is 0 Å². The summed E-state index contributed by atoms with van der Waals surface area (Å²) in [5, 5.41) is 4.50. The van der Waals surface area contributed by atoms with Gasteiger partial charge in [0.2, 0.25) is 0 Å². The molecule has 0 aliphatic heterocycles. The molecule has 0 bridgehead atoms. The van der Waals surface area contributed by atoms with Gasteiger partial charge in [-0.2, -0.15) is 5.10 Å². The van der Waals surface area contributed by atoms with Gasteiger partial charge in [0.15, 0.2) is 0 Å². The number of nitrogens with two attached hydrogens (primary N) is 1. The molecule has 88 valence electrons. The van der Waals surface area contributed by atoms with Gasteiger partial charge in [-0.25, -0.2) is 14.6 Å². The van der Waals surface area contributed by atoms with E-state index >= 15 is 0 Å². The Hall–Kier alpha value is -1.75. The molecule has 2 N–H and O–H groups in total. The van der Waals surface area contributed by atoms with Gasteiger partial charge >= 0.3 is 0 Å². The van der Waals surface area contributed by atoms with Crippen molar-refractivity contribution in [1.82, 2.24) is 19.7 Å². The van der Waals surface area contributed by atoms with Crippen LogP contribution in [-0.2, 0) is 6.54 Å². The Morgan fingerprint density at radius 3 is 2.94 bits per heavy atom. The predicted molar refractivity (Wildman–Crippen MR) is 63.8 cm³/mol. The second kappa shape index (κ2) is 3.92. The van der Waals surface area contributed by atoms with E-state index in [1.807, 2.05) is 19.2 Å². The van der Waals surface area contributed by atoms with Crippen LogP contribution >= 0.6 is 0 Å². The molecule has 0 atom stereocenters. The average Bonchev–Trinajstić information content (AvgIpc) is 3.07. The van der Waals surface area contributed by atoms with Crippen LogP contribution in [0.2, 0.25) is 0 Å². The molecular formula is C12H15N5. The van der Waals surface area contributed by atoms with E-state index in [4.69, 9.17) is 5.73 Å². The van der Waals surface area contributed by atoms with Gasteiger partial charge in [0.25, 0.3) is 5.95 Å². The summed E-state index contributed by atoms with van der Waals surface area (Å²) >= 11 is 0. The summed E-state index contributed by atoms with van der Waals surface area (Å²) < 4.78 is 1.74. The summed E-state index contributed by atoms with van der Waals surface area (Å²) in [7, 11) is 0. The summed E-state index contributed by atoms with van der Waals surface area (Å²) in [5.41, 5.74) is 8.63. The third-order valence-corrected chi connectivity index (χ3v) is 3.10. The van der Waals surface area contributed by atoms with Crippen LogP contribution in [0, 0.1) is 6.92 Å². The molecule has 0 aromatic carbocycles. The van der Waals surface area contributed by atoms with Crippen LogP contribution < -0.4 is 5.73 Å². The van der Waals surface area contributed by atoms with E-state index in [9.17, 15) is 0 Å². The zero-order valence-corrected chi connectivity index (χ0v) is 9.80. The van der Waals surface area contributed by atoms with Gasteiger partial charge < -0.3 is 5.73 Å². The van der Waals surface area contributed by atoms with E-state index in [0.717, 1.165) is 17.0 Å². The molecule has 3 rings (SSSR count). The Kier molecular flexibility index (Phi) is 2.40. The van der Waals surface area contributed by atoms with Crippen molar-refractivity contribution >= 4 is 0 Å². The molecule has 17 heavy (non-hydrogen) atoms. The lowest BCUT2D eigenvalue weighted by Crippen LogP contribution is -2.08. The van der Waals surface area contributed by atoms with Crippen molar-refractivity contribution in [2.24, 2.45) is 5.73 Å². The average molecular weight is 229 g/mol. The summed E-state index contributed by atoms with van der Waals surface area (Å²) in [5.74, 6) is 1.27. The standard InChI is InChI=1S/C12H15N5/c1-8-10(6-13)7-14-12(15-8)17-5-4-11(16-17)9-2-3-9/h4-5,7,9H,2-3,6,13H2,1H3. The number of hydrogen-bond donors (Lipinski definition) is 1. The normalized spacial score (nSPS) is 15.2. The minimum Gasteiger partial charge on any atom is -0.326 e. The van der Waals surface area contributed by atoms with Crippen LogP contribution in [-0.4, -0.2) is 19.7 Å². The largest absolute Gasteiger partial charge is 0.326 e. The number of nitrogens with zero attached hydrogens (tertiary/aromatic N) is 4. The van der Waals surface area contributed by atoms with E-state index in [-0.39, 0.29) is 0 Å². The Morgan fingerprint density at radius 2 is 2.29 bits per heavy atom. The zero-order chi connectivity index (χ0) is 11.8. The first kappa shape index (κ1) is 10.4. The highest BCUT2D eigenvalue weighted by molar-refractivity contribution is 5.22. The van der Waals surface area contributed by atoms with Gasteiger partial charge in [-0.15, -0.1) is 0 Å². The van der Waals surface area contributed by atoms with E-state index in [1.54, 1.807) is 10.9 Å². The number of hydrogen-bond acceptors (Lipinski definition) is 4. The molecule has 5 nitrogen and oxygen atoms in total. The molecule has 5 heteroatoms. The second-order valence-corrected chi connectivity index (χ2v) is 4.44. The molecule has 0 unspecified atom stereocenters. The molecule has 0 saturated heterocycles. The molecule has 1 aliphatic carbocycles. The van der Waals surface area contributed by atoms with E-state index in [1.165, 1.54) is 12.8 Å². The maximum Gasteiger partial charge on any atom is 0.250 e. The molecule has 1 aliphatic rings. The van der Waals surface area contributed by atoms with Crippen molar-refractivity contribution < 1.29 is 0 Å². The van der Waals surface area contributed by atoms with Crippen LogP contribution in [0.1, 0.15) is 35.7 Å². The molecule has 1 saturated carbocycles.